The molecule has 0 saturated carbocycles. The van der Waals surface area contributed by atoms with Crippen molar-refractivity contribution < 1.29 is 0 Å². The van der Waals surface area contributed by atoms with Crippen molar-refractivity contribution in [3.05, 3.63) is 160 Å². The van der Waals surface area contributed by atoms with E-state index in [-0.39, 0.29) is 0 Å². The molecule has 10 nitrogen and oxygen atoms in total. The van der Waals surface area contributed by atoms with Crippen LogP contribution in [0.1, 0.15) is 0 Å². The molecule has 0 atom stereocenters. The highest BCUT2D eigenvalue weighted by Crippen LogP contribution is 1.80. The summed E-state index contributed by atoms with van der Waals surface area (Å²) in [4.78, 5) is 29.3. The van der Waals surface area contributed by atoms with E-state index in [4.69, 9.17) is 0 Å². The summed E-state index contributed by atoms with van der Waals surface area (Å²) >= 11 is 0. The number of aromatic nitrogens is 10. The smallest absolute Gasteiger partial charge is 0.119 e. The van der Waals surface area contributed by atoms with Gasteiger partial charge >= 0.3 is 0 Å². The minimum absolute atomic E-state index is 1.44. The second-order valence-electron chi connectivity index (χ2n) is 5.69. The second kappa shape index (κ2) is 25.9. The van der Waals surface area contributed by atoms with Crippen LogP contribution in [0.4, 0.5) is 0 Å². The standard InChI is InChI=1S/C6H6.C5H5N.3C4H4N2.C3H3N3/c2*1-2-4-6-5-3-1;1-2-6-4-3-5-1;1-2-5-4-6-3-1;1-2-4-6-5-3-1;1-4-2-6-3-5-1/h1-6H;1-5H;3*1-4H;1-3H. The molecule has 1 aromatic carbocycles. The van der Waals surface area contributed by atoms with E-state index in [1.54, 1.807) is 68.0 Å². The fourth-order valence-electron chi connectivity index (χ4n) is 1.66. The maximum atomic E-state index is 3.78. The molecule has 0 unspecified atom stereocenters. The zero-order chi connectivity index (χ0) is 25.5. The molecule has 5 aromatic heterocycles. The molecule has 0 bridgehead atoms. The van der Waals surface area contributed by atoms with Crippen molar-refractivity contribution in [1.29, 1.82) is 0 Å². The van der Waals surface area contributed by atoms with Crippen LogP contribution < -0.4 is 0 Å². The van der Waals surface area contributed by atoms with Crippen LogP contribution in [0.5, 0.6) is 0 Å². The first-order valence-electron chi connectivity index (χ1n) is 10.5. The molecular formula is C26H26N10. The minimum Gasteiger partial charge on any atom is -0.265 e. The minimum atomic E-state index is 1.44. The van der Waals surface area contributed by atoms with Crippen molar-refractivity contribution >= 4 is 0 Å². The number of nitrogens with zero attached hydrogens (tertiary/aromatic N) is 10. The molecule has 0 saturated heterocycles. The third-order valence-corrected chi connectivity index (χ3v) is 3.07. The first-order valence-corrected chi connectivity index (χ1v) is 10.5. The summed E-state index contributed by atoms with van der Waals surface area (Å²) in [6.07, 6.45) is 22.5. The Morgan fingerprint density at radius 3 is 0.667 bits per heavy atom. The fourth-order valence-corrected chi connectivity index (χ4v) is 1.66. The van der Waals surface area contributed by atoms with Crippen molar-refractivity contribution in [3.8, 4) is 0 Å². The molecule has 0 aliphatic rings. The van der Waals surface area contributed by atoms with Gasteiger partial charge in [-0.05, 0) is 30.3 Å². The first-order chi connectivity index (χ1) is 18.0. The van der Waals surface area contributed by atoms with Crippen LogP contribution in [0.15, 0.2) is 160 Å². The van der Waals surface area contributed by atoms with Gasteiger partial charge in [0.05, 0.1) is 0 Å². The Hall–Kier alpha value is -5.38. The van der Waals surface area contributed by atoms with Gasteiger partial charge in [0.15, 0.2) is 0 Å². The van der Waals surface area contributed by atoms with Crippen molar-refractivity contribution in [1.82, 2.24) is 50.1 Å². The van der Waals surface area contributed by atoms with Crippen LogP contribution in [0.3, 0.4) is 0 Å². The van der Waals surface area contributed by atoms with Gasteiger partial charge in [-0.15, -0.1) is 0 Å². The van der Waals surface area contributed by atoms with Gasteiger partial charge in [0.1, 0.15) is 25.3 Å². The first kappa shape index (κ1) is 28.7. The van der Waals surface area contributed by atoms with E-state index < -0.39 is 0 Å². The third-order valence-electron chi connectivity index (χ3n) is 3.07. The number of hydrogen-bond donors (Lipinski definition) is 0. The van der Waals surface area contributed by atoms with E-state index in [9.17, 15) is 0 Å². The highest BCUT2D eigenvalue weighted by molar-refractivity contribution is 4.99. The van der Waals surface area contributed by atoms with E-state index in [2.05, 4.69) is 50.1 Å². The van der Waals surface area contributed by atoms with Crippen LogP contribution in [0.25, 0.3) is 0 Å². The molecule has 5 heterocycles. The normalized spacial score (nSPS) is 8.00. The van der Waals surface area contributed by atoms with Gasteiger partial charge in [0.25, 0.3) is 0 Å². The van der Waals surface area contributed by atoms with Gasteiger partial charge in [-0.1, -0.05) is 42.5 Å². The summed E-state index contributed by atoms with van der Waals surface area (Å²) in [5.74, 6) is 0. The lowest BCUT2D eigenvalue weighted by Crippen LogP contribution is -1.73. The van der Waals surface area contributed by atoms with Gasteiger partial charge in [0, 0.05) is 62.0 Å². The highest BCUT2D eigenvalue weighted by Gasteiger charge is 1.62. The molecule has 0 amide bonds. The summed E-state index contributed by atoms with van der Waals surface area (Å²) in [7, 11) is 0. The zero-order valence-electron chi connectivity index (χ0n) is 19.5. The molecule has 0 fully saturated rings. The van der Waals surface area contributed by atoms with E-state index in [1.165, 1.54) is 25.3 Å². The molecular weight excluding hydrogens is 452 g/mol. The molecule has 0 spiro atoms. The monoisotopic (exact) mass is 478 g/mol. The fraction of sp³-hybridized carbons (Fsp3) is 0. The van der Waals surface area contributed by atoms with Crippen molar-refractivity contribution in [2.24, 2.45) is 0 Å². The van der Waals surface area contributed by atoms with Crippen LogP contribution in [0, 0.1) is 0 Å². The Morgan fingerprint density at radius 2 is 0.500 bits per heavy atom. The number of rotatable bonds is 0. The Bertz CT molecular complexity index is 707. The van der Waals surface area contributed by atoms with E-state index in [1.807, 2.05) is 66.7 Å². The lowest BCUT2D eigenvalue weighted by Gasteiger charge is -1.70. The number of hydrogen-bond acceptors (Lipinski definition) is 10. The molecule has 0 aliphatic carbocycles. The second-order valence-corrected chi connectivity index (χ2v) is 5.69. The molecule has 10 heteroatoms. The maximum absolute atomic E-state index is 3.78. The van der Waals surface area contributed by atoms with Gasteiger partial charge < -0.3 is 0 Å². The molecule has 36 heavy (non-hydrogen) atoms. The van der Waals surface area contributed by atoms with Crippen molar-refractivity contribution in [2.45, 2.75) is 0 Å². The van der Waals surface area contributed by atoms with Gasteiger partial charge in [-0.3, -0.25) is 15.0 Å². The van der Waals surface area contributed by atoms with Crippen LogP contribution in [0.2, 0.25) is 0 Å². The molecule has 0 radical (unpaired) electrons. The quantitative estimate of drug-likeness (QED) is 0.315. The molecule has 6 rings (SSSR count). The third kappa shape index (κ3) is 23.3. The van der Waals surface area contributed by atoms with Gasteiger partial charge in [-0.2, -0.15) is 10.2 Å². The largest absolute Gasteiger partial charge is 0.265 e. The lowest BCUT2D eigenvalue weighted by molar-refractivity contribution is 1.03. The molecule has 180 valence electrons. The number of benzene rings is 1. The SMILES string of the molecule is c1ccccc1.c1ccncc1.c1ccnnc1.c1cnccn1.c1cncnc1.c1ncncn1. The summed E-state index contributed by atoms with van der Waals surface area (Å²) in [5.41, 5.74) is 0. The summed E-state index contributed by atoms with van der Waals surface area (Å²) < 4.78 is 0. The predicted octanol–water partition coefficient (Wildman–Crippen LogP) is 4.07. The zero-order valence-corrected chi connectivity index (χ0v) is 19.5. The summed E-state index contributed by atoms with van der Waals surface area (Å²) in [5, 5.41) is 7.07. The van der Waals surface area contributed by atoms with Crippen LogP contribution in [-0.2, 0) is 0 Å². The van der Waals surface area contributed by atoms with E-state index in [0.717, 1.165) is 0 Å². The van der Waals surface area contributed by atoms with Gasteiger partial charge in [-0.25, -0.2) is 24.9 Å². The van der Waals surface area contributed by atoms with Gasteiger partial charge in [0.2, 0.25) is 0 Å². The van der Waals surface area contributed by atoms with E-state index >= 15 is 0 Å². The van der Waals surface area contributed by atoms with Crippen molar-refractivity contribution in [3.63, 3.8) is 0 Å². The summed E-state index contributed by atoms with van der Waals surface area (Å²) in [6, 6.07) is 23.1. The lowest BCUT2D eigenvalue weighted by atomic mass is 10.4. The maximum Gasteiger partial charge on any atom is 0.119 e. The number of pyridine rings is 1. The Labute approximate surface area is 210 Å². The Kier molecular flexibility index (Phi) is 20.6. The van der Waals surface area contributed by atoms with Crippen LogP contribution >= 0.6 is 0 Å². The molecule has 6 aromatic rings. The summed E-state index contributed by atoms with van der Waals surface area (Å²) in [6.45, 7) is 0. The van der Waals surface area contributed by atoms with Crippen LogP contribution in [-0.4, -0.2) is 50.1 Å². The van der Waals surface area contributed by atoms with Crippen molar-refractivity contribution in [2.75, 3.05) is 0 Å². The Morgan fingerprint density at radius 1 is 0.194 bits per heavy atom. The average molecular weight is 479 g/mol. The highest BCUT2D eigenvalue weighted by atomic mass is 15.1. The average Bonchev–Trinajstić information content (AvgIpc) is 3.04. The molecule has 0 aliphatic heterocycles. The Balaban J connectivity index is 0.000000216. The topological polar surface area (TPSA) is 129 Å². The predicted molar refractivity (Wildman–Crippen MR) is 137 cm³/mol. The molecule has 0 N–H and O–H groups in total. The van der Waals surface area contributed by atoms with E-state index in [0.29, 0.717) is 0 Å².